The number of ketones is 1. The third-order valence-electron chi connectivity index (χ3n) is 5.80. The monoisotopic (exact) mass is 357 g/mol. The van der Waals surface area contributed by atoms with E-state index >= 15 is 0 Å². The van der Waals surface area contributed by atoms with Gasteiger partial charge in [0, 0.05) is 6.54 Å². The van der Waals surface area contributed by atoms with Gasteiger partial charge in [-0.1, -0.05) is 31.9 Å². The van der Waals surface area contributed by atoms with Crippen molar-refractivity contribution in [3.05, 3.63) is 47.0 Å². The standard InChI is InChI=1S/C21H24FNO3/c1-2-3-12-23-18(13-8-10-14(22)11-9-13)17-19(24)15-6-4-5-7-16(15)26-20(17)21(23)25/h8-11,15-16,18H,2-7,12H2,1H3. The minimum Gasteiger partial charge on any atom is -0.483 e. The number of Topliss-reactive ketones (excluding diaryl/α,β-unsaturated/α-hetero) is 1. The molecule has 3 unspecified atom stereocenters. The number of rotatable bonds is 4. The van der Waals surface area contributed by atoms with Crippen LogP contribution < -0.4 is 0 Å². The summed E-state index contributed by atoms with van der Waals surface area (Å²) >= 11 is 0. The zero-order valence-electron chi connectivity index (χ0n) is 15.0. The Labute approximate surface area is 153 Å². The molecule has 1 saturated carbocycles. The Kier molecular flexibility index (Phi) is 4.55. The van der Waals surface area contributed by atoms with Crippen molar-refractivity contribution in [1.29, 1.82) is 0 Å². The van der Waals surface area contributed by atoms with Crippen molar-refractivity contribution in [1.82, 2.24) is 4.90 Å². The van der Waals surface area contributed by atoms with Gasteiger partial charge in [-0.25, -0.2) is 4.39 Å². The molecule has 1 amide bonds. The molecule has 1 aromatic rings. The number of amides is 1. The number of nitrogens with zero attached hydrogens (tertiary/aromatic N) is 1. The molecule has 1 aromatic carbocycles. The molecule has 1 aliphatic carbocycles. The minimum atomic E-state index is -0.458. The van der Waals surface area contributed by atoms with E-state index in [1.54, 1.807) is 17.0 Å². The molecular weight excluding hydrogens is 333 g/mol. The summed E-state index contributed by atoms with van der Waals surface area (Å²) in [7, 11) is 0. The van der Waals surface area contributed by atoms with Gasteiger partial charge < -0.3 is 9.64 Å². The van der Waals surface area contributed by atoms with E-state index in [0.29, 0.717) is 12.1 Å². The maximum Gasteiger partial charge on any atom is 0.290 e. The SMILES string of the molecule is CCCCN1C(=O)C2=C(C(=O)C3CCCCC3O2)C1c1ccc(F)cc1. The van der Waals surface area contributed by atoms with Crippen LogP contribution in [0.25, 0.3) is 0 Å². The molecule has 138 valence electrons. The lowest BCUT2D eigenvalue weighted by Gasteiger charge is -2.35. The fourth-order valence-electron chi connectivity index (χ4n) is 4.44. The smallest absolute Gasteiger partial charge is 0.290 e. The van der Waals surface area contributed by atoms with Gasteiger partial charge in [0.2, 0.25) is 0 Å². The van der Waals surface area contributed by atoms with Crippen LogP contribution in [0.15, 0.2) is 35.6 Å². The van der Waals surface area contributed by atoms with Crippen molar-refractivity contribution in [3.63, 3.8) is 0 Å². The normalized spacial score (nSPS) is 28.1. The molecule has 1 fully saturated rings. The lowest BCUT2D eigenvalue weighted by molar-refractivity contribution is -0.135. The molecule has 0 bridgehead atoms. The van der Waals surface area contributed by atoms with E-state index in [2.05, 4.69) is 6.92 Å². The van der Waals surface area contributed by atoms with E-state index in [4.69, 9.17) is 4.74 Å². The molecule has 2 heterocycles. The molecule has 0 radical (unpaired) electrons. The Hall–Kier alpha value is -2.17. The quantitative estimate of drug-likeness (QED) is 0.820. The number of benzene rings is 1. The average Bonchev–Trinajstić information content (AvgIpc) is 2.93. The van der Waals surface area contributed by atoms with E-state index in [0.717, 1.165) is 44.1 Å². The highest BCUT2D eigenvalue weighted by atomic mass is 19.1. The third kappa shape index (κ3) is 2.74. The number of unbranched alkanes of at least 4 members (excludes halogenated alkanes) is 1. The van der Waals surface area contributed by atoms with E-state index in [1.165, 1.54) is 12.1 Å². The van der Waals surface area contributed by atoms with Crippen LogP contribution in [0.2, 0.25) is 0 Å². The Morgan fingerprint density at radius 1 is 1.15 bits per heavy atom. The van der Waals surface area contributed by atoms with Gasteiger partial charge in [-0.3, -0.25) is 9.59 Å². The molecule has 4 rings (SSSR count). The number of carbonyl (C=O) groups excluding carboxylic acids is 2. The van der Waals surface area contributed by atoms with Gasteiger partial charge in [-0.2, -0.15) is 0 Å². The van der Waals surface area contributed by atoms with Crippen LogP contribution in [0.1, 0.15) is 57.1 Å². The van der Waals surface area contributed by atoms with Crippen molar-refractivity contribution in [3.8, 4) is 0 Å². The van der Waals surface area contributed by atoms with Crippen LogP contribution in [0.5, 0.6) is 0 Å². The van der Waals surface area contributed by atoms with Gasteiger partial charge in [0.15, 0.2) is 11.5 Å². The van der Waals surface area contributed by atoms with Crippen molar-refractivity contribution < 1.29 is 18.7 Å². The van der Waals surface area contributed by atoms with Gasteiger partial charge in [-0.15, -0.1) is 0 Å². The molecule has 5 heteroatoms. The Balaban J connectivity index is 1.76. The number of carbonyl (C=O) groups is 2. The molecule has 0 spiro atoms. The maximum atomic E-state index is 13.4. The van der Waals surface area contributed by atoms with Crippen LogP contribution in [0.4, 0.5) is 4.39 Å². The van der Waals surface area contributed by atoms with Crippen LogP contribution in [0.3, 0.4) is 0 Å². The lowest BCUT2D eigenvalue weighted by atomic mass is 9.77. The maximum absolute atomic E-state index is 13.4. The predicted molar refractivity (Wildman–Crippen MR) is 94.6 cm³/mol. The van der Waals surface area contributed by atoms with Crippen LogP contribution >= 0.6 is 0 Å². The number of ether oxygens (including phenoxy) is 1. The lowest BCUT2D eigenvalue weighted by Crippen LogP contribution is -2.39. The average molecular weight is 357 g/mol. The number of halogens is 1. The topological polar surface area (TPSA) is 46.6 Å². The van der Waals surface area contributed by atoms with Gasteiger partial charge in [0.1, 0.15) is 11.9 Å². The van der Waals surface area contributed by atoms with Crippen molar-refractivity contribution in [2.75, 3.05) is 6.54 Å². The van der Waals surface area contributed by atoms with Crippen molar-refractivity contribution in [2.45, 2.75) is 57.6 Å². The Morgan fingerprint density at radius 3 is 2.62 bits per heavy atom. The third-order valence-corrected chi connectivity index (χ3v) is 5.80. The van der Waals surface area contributed by atoms with E-state index in [1.807, 2.05) is 0 Å². The summed E-state index contributed by atoms with van der Waals surface area (Å²) in [6, 6.07) is 5.65. The first-order chi connectivity index (χ1) is 12.6. The molecule has 2 aliphatic heterocycles. The Morgan fingerprint density at radius 2 is 1.88 bits per heavy atom. The number of fused-ring (bicyclic) bond motifs is 1. The molecule has 4 nitrogen and oxygen atoms in total. The molecule has 0 N–H and O–H groups in total. The summed E-state index contributed by atoms with van der Waals surface area (Å²) < 4.78 is 19.5. The second-order valence-electron chi connectivity index (χ2n) is 7.46. The molecule has 0 saturated heterocycles. The minimum absolute atomic E-state index is 0.0534. The first-order valence-electron chi connectivity index (χ1n) is 9.63. The highest BCUT2D eigenvalue weighted by molar-refractivity contribution is 6.11. The zero-order chi connectivity index (χ0) is 18.3. The Bertz CT molecular complexity index is 755. The van der Waals surface area contributed by atoms with Crippen LogP contribution in [-0.2, 0) is 14.3 Å². The van der Waals surface area contributed by atoms with Crippen molar-refractivity contribution >= 4 is 11.7 Å². The highest BCUT2D eigenvalue weighted by Crippen LogP contribution is 2.46. The summed E-state index contributed by atoms with van der Waals surface area (Å²) in [5.74, 6) is -0.378. The molecular formula is C21H24FNO3. The number of hydrogen-bond acceptors (Lipinski definition) is 3. The zero-order valence-corrected chi connectivity index (χ0v) is 15.0. The van der Waals surface area contributed by atoms with Gasteiger partial charge >= 0.3 is 0 Å². The second kappa shape index (κ2) is 6.86. The predicted octanol–water partition coefficient (Wildman–Crippen LogP) is 3.92. The second-order valence-corrected chi connectivity index (χ2v) is 7.46. The van der Waals surface area contributed by atoms with Gasteiger partial charge in [0.05, 0.1) is 17.5 Å². The van der Waals surface area contributed by atoms with Gasteiger partial charge in [-0.05, 0) is 43.4 Å². The summed E-state index contributed by atoms with van der Waals surface area (Å²) in [6.45, 7) is 2.63. The fourth-order valence-corrected chi connectivity index (χ4v) is 4.44. The summed E-state index contributed by atoms with van der Waals surface area (Å²) in [5.41, 5.74) is 1.26. The molecule has 3 aliphatic rings. The molecule has 0 aromatic heterocycles. The van der Waals surface area contributed by atoms with E-state index < -0.39 is 6.04 Å². The van der Waals surface area contributed by atoms with Crippen LogP contribution in [0, 0.1) is 11.7 Å². The largest absolute Gasteiger partial charge is 0.483 e. The first-order valence-corrected chi connectivity index (χ1v) is 9.63. The summed E-state index contributed by atoms with van der Waals surface area (Å²) in [4.78, 5) is 28.0. The number of hydrogen-bond donors (Lipinski definition) is 0. The van der Waals surface area contributed by atoms with Gasteiger partial charge in [0.25, 0.3) is 5.91 Å². The fraction of sp³-hybridized carbons (Fsp3) is 0.524. The van der Waals surface area contributed by atoms with E-state index in [-0.39, 0.29) is 35.3 Å². The highest BCUT2D eigenvalue weighted by Gasteiger charge is 2.51. The van der Waals surface area contributed by atoms with E-state index in [9.17, 15) is 14.0 Å². The first kappa shape index (κ1) is 17.3. The van der Waals surface area contributed by atoms with Crippen LogP contribution in [-0.4, -0.2) is 29.2 Å². The molecule has 3 atom stereocenters. The molecule has 26 heavy (non-hydrogen) atoms. The summed E-state index contributed by atoms with van der Waals surface area (Å²) in [6.07, 6.45) is 5.34. The van der Waals surface area contributed by atoms with Crippen molar-refractivity contribution in [2.24, 2.45) is 5.92 Å². The summed E-state index contributed by atoms with van der Waals surface area (Å²) in [5, 5.41) is 0.